The Morgan fingerprint density at radius 1 is 1.17 bits per heavy atom. The SMILES string of the molecule is CCCCCc1cc(=O)oc2c(C(=O)C(C)CC)c(O)cc(O)c12. The van der Waals surface area contributed by atoms with Crippen LogP contribution >= 0.6 is 0 Å². The summed E-state index contributed by atoms with van der Waals surface area (Å²) in [6, 6.07) is 2.51. The van der Waals surface area contributed by atoms with E-state index in [0.717, 1.165) is 25.3 Å². The second kappa shape index (κ2) is 7.51. The molecule has 1 atom stereocenters. The number of phenols is 2. The minimum Gasteiger partial charge on any atom is -0.507 e. The molecule has 0 spiro atoms. The zero-order valence-corrected chi connectivity index (χ0v) is 14.4. The molecule has 1 heterocycles. The van der Waals surface area contributed by atoms with Crippen LogP contribution in [0.4, 0.5) is 0 Å². The molecule has 2 aromatic rings. The van der Waals surface area contributed by atoms with Gasteiger partial charge in [-0.3, -0.25) is 4.79 Å². The van der Waals surface area contributed by atoms with Crippen molar-refractivity contribution in [3.05, 3.63) is 33.7 Å². The molecule has 1 aromatic carbocycles. The van der Waals surface area contributed by atoms with Crippen LogP contribution in [-0.2, 0) is 6.42 Å². The van der Waals surface area contributed by atoms with Crippen LogP contribution < -0.4 is 5.63 Å². The molecule has 0 fully saturated rings. The summed E-state index contributed by atoms with van der Waals surface area (Å²) in [5.41, 5.74) is 0.0194. The molecule has 1 aromatic heterocycles. The van der Waals surface area contributed by atoms with Gasteiger partial charge in [0.2, 0.25) is 0 Å². The van der Waals surface area contributed by atoms with Crippen molar-refractivity contribution in [2.45, 2.75) is 52.9 Å². The third kappa shape index (κ3) is 3.45. The highest BCUT2D eigenvalue weighted by Gasteiger charge is 2.25. The summed E-state index contributed by atoms with van der Waals surface area (Å²) in [5, 5.41) is 20.7. The molecule has 0 amide bonds. The smallest absolute Gasteiger partial charge is 0.336 e. The standard InChI is InChI=1S/C19H24O5/c1-4-6-7-8-12-9-15(22)24-19-16(12)13(20)10-14(21)17(19)18(23)11(3)5-2/h9-11,20-21H,4-8H2,1-3H3. The Bertz CT molecular complexity index is 803. The van der Waals surface area contributed by atoms with E-state index < -0.39 is 5.63 Å². The molecule has 0 aliphatic rings. The second-order valence-corrected chi connectivity index (χ2v) is 6.22. The molecule has 24 heavy (non-hydrogen) atoms. The molecule has 0 aliphatic carbocycles. The van der Waals surface area contributed by atoms with Gasteiger partial charge in [0, 0.05) is 18.1 Å². The fraction of sp³-hybridized carbons (Fsp3) is 0.474. The monoisotopic (exact) mass is 332 g/mol. The minimum atomic E-state index is -0.586. The first kappa shape index (κ1) is 18.0. The molecule has 130 valence electrons. The van der Waals surface area contributed by atoms with Crippen LogP contribution in [0.25, 0.3) is 11.0 Å². The number of rotatable bonds is 7. The number of carbonyl (C=O) groups excluding carboxylic acids is 1. The lowest BCUT2D eigenvalue weighted by Gasteiger charge is -2.14. The third-order valence-corrected chi connectivity index (χ3v) is 4.41. The van der Waals surface area contributed by atoms with Crippen molar-refractivity contribution in [2.75, 3.05) is 0 Å². The fourth-order valence-corrected chi connectivity index (χ4v) is 2.82. The summed E-state index contributed by atoms with van der Waals surface area (Å²) >= 11 is 0. The van der Waals surface area contributed by atoms with Crippen molar-refractivity contribution in [1.82, 2.24) is 0 Å². The Hall–Kier alpha value is -2.30. The van der Waals surface area contributed by atoms with Gasteiger partial charge in [0.05, 0.1) is 5.39 Å². The Morgan fingerprint density at radius 2 is 1.88 bits per heavy atom. The lowest BCUT2D eigenvalue weighted by Crippen LogP contribution is -2.12. The first-order valence-electron chi connectivity index (χ1n) is 8.46. The average Bonchev–Trinajstić information content (AvgIpc) is 2.53. The lowest BCUT2D eigenvalue weighted by atomic mass is 9.93. The maximum absolute atomic E-state index is 12.6. The van der Waals surface area contributed by atoms with E-state index in [4.69, 9.17) is 4.42 Å². The van der Waals surface area contributed by atoms with Gasteiger partial charge in [0.25, 0.3) is 0 Å². The lowest BCUT2D eigenvalue weighted by molar-refractivity contribution is 0.0925. The van der Waals surface area contributed by atoms with Crippen LogP contribution in [0.5, 0.6) is 11.5 Å². The first-order valence-corrected chi connectivity index (χ1v) is 8.46. The summed E-state index contributed by atoms with van der Waals surface area (Å²) in [6.45, 7) is 5.70. The van der Waals surface area contributed by atoms with Crippen LogP contribution in [0.2, 0.25) is 0 Å². The van der Waals surface area contributed by atoms with Crippen LogP contribution in [0.1, 0.15) is 62.4 Å². The quantitative estimate of drug-likeness (QED) is 0.451. The molecule has 5 heteroatoms. The number of ketones is 1. The summed E-state index contributed by atoms with van der Waals surface area (Å²) in [5.74, 6) is -1.16. The summed E-state index contributed by atoms with van der Waals surface area (Å²) in [4.78, 5) is 24.5. The number of aromatic hydroxyl groups is 2. The zero-order valence-electron chi connectivity index (χ0n) is 14.4. The van der Waals surface area contributed by atoms with Gasteiger partial charge in [-0.2, -0.15) is 0 Å². The largest absolute Gasteiger partial charge is 0.507 e. The van der Waals surface area contributed by atoms with Crippen LogP contribution in [0.3, 0.4) is 0 Å². The van der Waals surface area contributed by atoms with Crippen LogP contribution in [0.15, 0.2) is 21.3 Å². The molecule has 0 radical (unpaired) electrons. The first-order chi connectivity index (χ1) is 11.4. The van der Waals surface area contributed by atoms with E-state index in [2.05, 4.69) is 6.92 Å². The van der Waals surface area contributed by atoms with Crippen molar-refractivity contribution < 1.29 is 19.4 Å². The van der Waals surface area contributed by atoms with Crippen molar-refractivity contribution in [1.29, 1.82) is 0 Å². The normalized spacial score (nSPS) is 12.5. The number of carbonyl (C=O) groups is 1. The van der Waals surface area contributed by atoms with E-state index >= 15 is 0 Å². The van der Waals surface area contributed by atoms with Crippen LogP contribution in [0, 0.1) is 5.92 Å². The number of benzene rings is 1. The van der Waals surface area contributed by atoms with Crippen molar-refractivity contribution in [2.24, 2.45) is 5.92 Å². The molecule has 0 saturated heterocycles. The van der Waals surface area contributed by atoms with Crippen molar-refractivity contribution in [3.63, 3.8) is 0 Å². The maximum Gasteiger partial charge on any atom is 0.336 e. The molecule has 1 unspecified atom stereocenters. The minimum absolute atomic E-state index is 0.0169. The van der Waals surface area contributed by atoms with Gasteiger partial charge in [0.1, 0.15) is 17.1 Å². The van der Waals surface area contributed by atoms with E-state index in [-0.39, 0.29) is 34.3 Å². The zero-order chi connectivity index (χ0) is 17.9. The topological polar surface area (TPSA) is 87.7 Å². The Balaban J connectivity index is 2.72. The number of aryl methyl sites for hydroxylation is 1. The predicted molar refractivity (Wildman–Crippen MR) is 92.8 cm³/mol. The van der Waals surface area contributed by atoms with Crippen molar-refractivity contribution >= 4 is 16.8 Å². The Labute approximate surface area is 140 Å². The predicted octanol–water partition coefficient (Wildman–Crippen LogP) is 4.17. The maximum atomic E-state index is 12.6. The molecule has 0 saturated carbocycles. The highest BCUT2D eigenvalue weighted by atomic mass is 16.4. The van der Waals surface area contributed by atoms with Gasteiger partial charge < -0.3 is 14.6 Å². The van der Waals surface area contributed by atoms with Gasteiger partial charge >= 0.3 is 5.63 Å². The van der Waals surface area contributed by atoms with Gasteiger partial charge in [-0.1, -0.05) is 33.6 Å². The number of Topliss-reactive ketones (excluding diaryl/α,β-unsaturated/α-hetero) is 1. The summed E-state index contributed by atoms with van der Waals surface area (Å²) in [6.07, 6.45) is 4.10. The van der Waals surface area contributed by atoms with E-state index in [9.17, 15) is 19.8 Å². The van der Waals surface area contributed by atoms with E-state index in [0.29, 0.717) is 23.8 Å². The average molecular weight is 332 g/mol. The number of phenolic OH excluding ortho intramolecular Hbond substituents is 2. The molecule has 2 N–H and O–H groups in total. The van der Waals surface area contributed by atoms with Crippen LogP contribution in [-0.4, -0.2) is 16.0 Å². The number of hydrogen-bond acceptors (Lipinski definition) is 5. The molecule has 0 bridgehead atoms. The second-order valence-electron chi connectivity index (χ2n) is 6.22. The number of fused-ring (bicyclic) bond motifs is 1. The highest BCUT2D eigenvalue weighted by molar-refractivity contribution is 6.11. The van der Waals surface area contributed by atoms with Gasteiger partial charge in [-0.05, 0) is 24.8 Å². The molecule has 0 aliphatic heterocycles. The Kier molecular flexibility index (Phi) is 5.65. The van der Waals surface area contributed by atoms with Gasteiger partial charge in [-0.15, -0.1) is 0 Å². The summed E-state index contributed by atoms with van der Waals surface area (Å²) < 4.78 is 5.22. The number of hydrogen-bond donors (Lipinski definition) is 2. The Morgan fingerprint density at radius 3 is 2.50 bits per heavy atom. The molecule has 5 nitrogen and oxygen atoms in total. The number of unbranched alkanes of at least 4 members (excludes halogenated alkanes) is 2. The van der Waals surface area contributed by atoms with Crippen molar-refractivity contribution in [3.8, 4) is 11.5 Å². The summed E-state index contributed by atoms with van der Waals surface area (Å²) in [7, 11) is 0. The van der Waals surface area contributed by atoms with E-state index in [1.165, 1.54) is 6.07 Å². The highest BCUT2D eigenvalue weighted by Crippen LogP contribution is 2.37. The molecular weight excluding hydrogens is 308 g/mol. The third-order valence-electron chi connectivity index (χ3n) is 4.41. The van der Waals surface area contributed by atoms with E-state index in [1.807, 2.05) is 6.92 Å². The molecular formula is C19H24O5. The fourth-order valence-electron chi connectivity index (χ4n) is 2.82. The molecule has 2 rings (SSSR count). The van der Waals surface area contributed by atoms with Gasteiger partial charge in [0.15, 0.2) is 11.4 Å². The van der Waals surface area contributed by atoms with E-state index in [1.54, 1.807) is 6.92 Å². The van der Waals surface area contributed by atoms with Gasteiger partial charge in [-0.25, -0.2) is 4.79 Å².